The number of hydrogen-bond acceptors (Lipinski definition) is 4. The Balaban J connectivity index is 2.08. The van der Waals surface area contributed by atoms with Gasteiger partial charge in [-0.15, -0.1) is 0 Å². The molecule has 4 heteroatoms. The van der Waals surface area contributed by atoms with Crippen LogP contribution in [0.25, 0.3) is 0 Å². The predicted octanol–water partition coefficient (Wildman–Crippen LogP) is 1.01. The van der Waals surface area contributed by atoms with Gasteiger partial charge in [-0.05, 0) is 25.2 Å². The molecular formula is C13H22N2O2. The van der Waals surface area contributed by atoms with E-state index >= 15 is 0 Å². The summed E-state index contributed by atoms with van der Waals surface area (Å²) in [6.07, 6.45) is 3.23. The second-order valence-electron chi connectivity index (χ2n) is 5.37. The average molecular weight is 238 g/mol. The molecule has 0 bridgehead atoms. The number of nitriles is 1. The molecular weight excluding hydrogens is 216 g/mol. The third-order valence-corrected chi connectivity index (χ3v) is 4.15. The Bertz CT molecular complexity index is 290. The first kappa shape index (κ1) is 12.8. The quantitative estimate of drug-likeness (QED) is 0.780. The summed E-state index contributed by atoms with van der Waals surface area (Å²) in [4.78, 5) is 2.31. The zero-order valence-corrected chi connectivity index (χ0v) is 10.5. The molecule has 4 nitrogen and oxygen atoms in total. The Kier molecular flexibility index (Phi) is 4.38. The molecule has 0 aromatic carbocycles. The minimum absolute atomic E-state index is 0.0786. The van der Waals surface area contributed by atoms with E-state index in [0.29, 0.717) is 18.6 Å². The fourth-order valence-corrected chi connectivity index (χ4v) is 3.13. The van der Waals surface area contributed by atoms with Crippen LogP contribution in [0.4, 0.5) is 0 Å². The van der Waals surface area contributed by atoms with Crippen molar-refractivity contribution in [2.24, 2.45) is 11.8 Å². The molecule has 1 saturated carbocycles. The van der Waals surface area contributed by atoms with Crippen molar-refractivity contribution in [2.75, 3.05) is 26.4 Å². The summed E-state index contributed by atoms with van der Waals surface area (Å²) in [6.45, 7) is 4.55. The zero-order chi connectivity index (χ0) is 12.3. The van der Waals surface area contributed by atoms with E-state index in [1.807, 2.05) is 0 Å². The molecule has 2 fully saturated rings. The summed E-state index contributed by atoms with van der Waals surface area (Å²) in [6, 6.07) is 2.84. The highest BCUT2D eigenvalue weighted by Gasteiger charge is 2.37. The lowest BCUT2D eigenvalue weighted by atomic mass is 9.78. The van der Waals surface area contributed by atoms with Crippen LogP contribution in [0, 0.1) is 23.2 Å². The van der Waals surface area contributed by atoms with Gasteiger partial charge in [0.1, 0.15) is 0 Å². The molecule has 1 aliphatic heterocycles. The highest BCUT2D eigenvalue weighted by atomic mass is 16.5. The lowest BCUT2D eigenvalue weighted by molar-refractivity contribution is -0.0638. The molecule has 0 aromatic rings. The average Bonchev–Trinajstić information content (AvgIpc) is 2.38. The van der Waals surface area contributed by atoms with Gasteiger partial charge < -0.3 is 9.84 Å². The molecule has 0 amide bonds. The number of aliphatic hydroxyl groups excluding tert-OH is 1. The number of rotatable bonds is 2. The Hall–Kier alpha value is -0.630. The molecule has 4 unspecified atom stereocenters. The van der Waals surface area contributed by atoms with Crippen LogP contribution < -0.4 is 0 Å². The first-order chi connectivity index (χ1) is 8.26. The predicted molar refractivity (Wildman–Crippen MR) is 64.3 cm³/mol. The number of nitrogens with zero attached hydrogens (tertiary/aromatic N) is 2. The van der Waals surface area contributed by atoms with E-state index in [1.165, 1.54) is 0 Å². The van der Waals surface area contributed by atoms with Crippen molar-refractivity contribution in [3.05, 3.63) is 0 Å². The van der Waals surface area contributed by atoms with Crippen molar-refractivity contribution in [3.8, 4) is 6.07 Å². The minimum Gasteiger partial charge on any atom is -0.395 e. The first-order valence-electron chi connectivity index (χ1n) is 6.60. The van der Waals surface area contributed by atoms with Gasteiger partial charge in [0.2, 0.25) is 0 Å². The summed E-state index contributed by atoms with van der Waals surface area (Å²) < 4.78 is 5.41. The maximum atomic E-state index is 9.41. The van der Waals surface area contributed by atoms with Crippen LogP contribution in [0.1, 0.15) is 26.2 Å². The maximum absolute atomic E-state index is 9.41. The van der Waals surface area contributed by atoms with E-state index in [2.05, 4.69) is 17.9 Å². The van der Waals surface area contributed by atoms with Crippen LogP contribution in [0.3, 0.4) is 0 Å². The summed E-state index contributed by atoms with van der Waals surface area (Å²) in [5, 5.41) is 18.7. The van der Waals surface area contributed by atoms with E-state index in [9.17, 15) is 10.4 Å². The van der Waals surface area contributed by atoms with Crippen LogP contribution in [0.15, 0.2) is 0 Å². The van der Waals surface area contributed by atoms with Crippen LogP contribution >= 0.6 is 0 Å². The molecule has 2 aliphatic rings. The van der Waals surface area contributed by atoms with Crippen molar-refractivity contribution < 1.29 is 9.84 Å². The van der Waals surface area contributed by atoms with Crippen molar-refractivity contribution >= 4 is 0 Å². The molecule has 17 heavy (non-hydrogen) atoms. The summed E-state index contributed by atoms with van der Waals surface area (Å²) in [7, 11) is 0. The van der Waals surface area contributed by atoms with Gasteiger partial charge in [-0.25, -0.2) is 0 Å². The number of hydrogen-bond donors (Lipinski definition) is 1. The summed E-state index contributed by atoms with van der Waals surface area (Å²) in [5.74, 6) is 0.810. The van der Waals surface area contributed by atoms with Crippen molar-refractivity contribution in [2.45, 2.75) is 38.3 Å². The number of aliphatic hydroxyl groups is 1. The SMILES string of the molecule is CC1CCC(C#N)C(N2CCOCC2CO)C1. The van der Waals surface area contributed by atoms with Gasteiger partial charge >= 0.3 is 0 Å². The van der Waals surface area contributed by atoms with Gasteiger partial charge in [-0.2, -0.15) is 5.26 Å². The second kappa shape index (κ2) is 5.81. The molecule has 1 saturated heterocycles. The highest BCUT2D eigenvalue weighted by molar-refractivity contribution is 4.99. The van der Waals surface area contributed by atoms with Crippen LogP contribution in [-0.4, -0.2) is 48.5 Å². The molecule has 4 atom stereocenters. The standard InChI is InChI=1S/C13H22N2O2/c1-10-2-3-11(7-14)13(6-10)15-4-5-17-9-12(15)8-16/h10-13,16H,2-6,8-9H2,1H3. The smallest absolute Gasteiger partial charge is 0.0672 e. The van der Waals surface area contributed by atoms with Crippen molar-refractivity contribution in [3.63, 3.8) is 0 Å². The Labute approximate surface area is 103 Å². The molecule has 1 heterocycles. The first-order valence-corrected chi connectivity index (χ1v) is 6.60. The Morgan fingerprint density at radius 2 is 2.29 bits per heavy atom. The molecule has 1 N–H and O–H groups in total. The Morgan fingerprint density at radius 1 is 1.47 bits per heavy atom. The van der Waals surface area contributed by atoms with Gasteiger partial charge in [0.25, 0.3) is 0 Å². The normalized spacial score (nSPS) is 39.8. The molecule has 0 spiro atoms. The van der Waals surface area contributed by atoms with Gasteiger partial charge in [-0.3, -0.25) is 4.90 Å². The summed E-state index contributed by atoms with van der Waals surface area (Å²) >= 11 is 0. The van der Waals surface area contributed by atoms with Crippen LogP contribution in [-0.2, 0) is 4.74 Å². The lowest BCUT2D eigenvalue weighted by Crippen LogP contribution is -2.55. The molecule has 0 radical (unpaired) electrons. The lowest BCUT2D eigenvalue weighted by Gasteiger charge is -2.45. The molecule has 0 aromatic heterocycles. The van der Waals surface area contributed by atoms with E-state index in [4.69, 9.17) is 4.74 Å². The van der Waals surface area contributed by atoms with Crippen molar-refractivity contribution in [1.29, 1.82) is 5.26 Å². The minimum atomic E-state index is 0.0786. The van der Waals surface area contributed by atoms with Gasteiger partial charge in [0, 0.05) is 12.6 Å². The van der Waals surface area contributed by atoms with Gasteiger partial charge in [0.15, 0.2) is 0 Å². The maximum Gasteiger partial charge on any atom is 0.0672 e. The second-order valence-corrected chi connectivity index (χ2v) is 5.37. The van der Waals surface area contributed by atoms with E-state index < -0.39 is 0 Å². The Morgan fingerprint density at radius 3 is 3.00 bits per heavy atom. The topological polar surface area (TPSA) is 56.5 Å². The monoisotopic (exact) mass is 238 g/mol. The molecule has 96 valence electrons. The van der Waals surface area contributed by atoms with Crippen LogP contribution in [0.5, 0.6) is 0 Å². The highest BCUT2D eigenvalue weighted by Crippen LogP contribution is 2.33. The van der Waals surface area contributed by atoms with Gasteiger partial charge in [-0.1, -0.05) is 6.92 Å². The summed E-state index contributed by atoms with van der Waals surface area (Å²) in [5.41, 5.74) is 0. The third-order valence-electron chi connectivity index (χ3n) is 4.15. The zero-order valence-electron chi connectivity index (χ0n) is 10.5. The number of morpholine rings is 1. The van der Waals surface area contributed by atoms with Crippen LogP contribution in [0.2, 0.25) is 0 Å². The van der Waals surface area contributed by atoms with Gasteiger partial charge in [0.05, 0.1) is 37.8 Å². The fourth-order valence-electron chi connectivity index (χ4n) is 3.13. The largest absolute Gasteiger partial charge is 0.395 e. The fraction of sp³-hybridized carbons (Fsp3) is 0.923. The van der Waals surface area contributed by atoms with E-state index in [1.54, 1.807) is 0 Å². The third kappa shape index (κ3) is 2.79. The number of ether oxygens (including phenoxy) is 1. The molecule has 1 aliphatic carbocycles. The molecule has 2 rings (SSSR count). The van der Waals surface area contributed by atoms with E-state index in [-0.39, 0.29) is 18.6 Å². The van der Waals surface area contributed by atoms with E-state index in [0.717, 1.165) is 32.4 Å². The van der Waals surface area contributed by atoms with Crippen molar-refractivity contribution in [1.82, 2.24) is 4.90 Å².